The Labute approximate surface area is 164 Å². The molecule has 3 rings (SSSR count). The lowest BCUT2D eigenvalue weighted by Crippen LogP contribution is -2.51. The first-order chi connectivity index (χ1) is 13.6. The Hall–Kier alpha value is -2.85. The zero-order chi connectivity index (χ0) is 21.3. The maximum Gasteiger partial charge on any atom is 0.416 e. The standard InChI is InChI=1S/C18H21F3N4O4/c1-11-8-13(11)17(27)22-10-16(26)24-6-4-23(5-7-24)14-3-2-12(18(19,20)21)9-15(14)25(28)29/h2-3,9,11,13H,4-8,10H2,1H3,(H,22,27)/t11-,13+/m0/s1. The van der Waals surface area contributed by atoms with Crippen molar-refractivity contribution in [1.29, 1.82) is 0 Å². The Morgan fingerprint density at radius 3 is 2.38 bits per heavy atom. The van der Waals surface area contributed by atoms with Crippen LogP contribution in [-0.2, 0) is 15.8 Å². The topological polar surface area (TPSA) is 95.8 Å². The molecule has 2 aliphatic rings. The summed E-state index contributed by atoms with van der Waals surface area (Å²) in [5, 5.41) is 13.9. The molecule has 0 bridgehead atoms. The summed E-state index contributed by atoms with van der Waals surface area (Å²) in [6.45, 7) is 2.85. The van der Waals surface area contributed by atoms with Crippen LogP contribution in [0.15, 0.2) is 18.2 Å². The van der Waals surface area contributed by atoms with E-state index in [0.29, 0.717) is 12.0 Å². The van der Waals surface area contributed by atoms with Gasteiger partial charge in [0, 0.05) is 38.2 Å². The molecular formula is C18H21F3N4O4. The molecule has 1 aromatic carbocycles. The van der Waals surface area contributed by atoms with Crippen molar-refractivity contribution in [2.45, 2.75) is 19.5 Å². The van der Waals surface area contributed by atoms with Crippen LogP contribution in [0, 0.1) is 22.0 Å². The number of nitrogens with one attached hydrogen (secondary N) is 1. The zero-order valence-corrected chi connectivity index (χ0v) is 15.7. The number of anilines is 1. The molecule has 11 heteroatoms. The summed E-state index contributed by atoms with van der Waals surface area (Å²) in [5.74, 6) is -0.0777. The Morgan fingerprint density at radius 1 is 1.24 bits per heavy atom. The lowest BCUT2D eigenvalue weighted by Gasteiger charge is -2.36. The molecule has 8 nitrogen and oxygen atoms in total. The molecule has 1 aliphatic carbocycles. The zero-order valence-electron chi connectivity index (χ0n) is 15.7. The van der Waals surface area contributed by atoms with E-state index in [9.17, 15) is 32.9 Å². The molecule has 2 fully saturated rings. The molecule has 1 saturated carbocycles. The summed E-state index contributed by atoms with van der Waals surface area (Å²) in [4.78, 5) is 37.6. The fourth-order valence-corrected chi connectivity index (χ4v) is 3.40. The van der Waals surface area contributed by atoms with Crippen LogP contribution in [0.3, 0.4) is 0 Å². The van der Waals surface area contributed by atoms with Crippen LogP contribution >= 0.6 is 0 Å². The summed E-state index contributed by atoms with van der Waals surface area (Å²) >= 11 is 0. The average Bonchev–Trinajstić information content (AvgIpc) is 3.41. The minimum atomic E-state index is -4.67. The van der Waals surface area contributed by atoms with Gasteiger partial charge < -0.3 is 15.1 Å². The van der Waals surface area contributed by atoms with Gasteiger partial charge in [0.15, 0.2) is 0 Å². The fourth-order valence-electron chi connectivity index (χ4n) is 3.40. The van der Waals surface area contributed by atoms with E-state index in [0.717, 1.165) is 18.6 Å². The Balaban J connectivity index is 1.59. The van der Waals surface area contributed by atoms with Crippen LogP contribution in [0.1, 0.15) is 18.9 Å². The fraction of sp³-hybridized carbons (Fsp3) is 0.556. The number of halogens is 3. The number of carbonyl (C=O) groups excluding carboxylic acids is 2. The molecule has 1 aliphatic heterocycles. The summed E-state index contributed by atoms with van der Waals surface area (Å²) in [6.07, 6.45) is -3.85. The van der Waals surface area contributed by atoms with Gasteiger partial charge in [0.25, 0.3) is 5.69 Å². The van der Waals surface area contributed by atoms with Gasteiger partial charge in [-0.2, -0.15) is 13.2 Å². The van der Waals surface area contributed by atoms with Gasteiger partial charge in [-0.15, -0.1) is 0 Å². The average molecular weight is 414 g/mol. The minimum Gasteiger partial charge on any atom is -0.362 e. The van der Waals surface area contributed by atoms with Gasteiger partial charge in [-0.25, -0.2) is 0 Å². The second kappa shape index (κ2) is 7.88. The van der Waals surface area contributed by atoms with E-state index in [-0.39, 0.29) is 56.1 Å². The van der Waals surface area contributed by atoms with Crippen molar-refractivity contribution in [3.05, 3.63) is 33.9 Å². The predicted octanol–water partition coefficient (Wildman–Crippen LogP) is 2.03. The van der Waals surface area contributed by atoms with Gasteiger partial charge >= 0.3 is 6.18 Å². The molecular weight excluding hydrogens is 393 g/mol. The molecule has 1 heterocycles. The number of amides is 2. The molecule has 2 atom stereocenters. The second-order valence-electron chi connectivity index (χ2n) is 7.36. The Kier molecular flexibility index (Phi) is 5.67. The van der Waals surface area contributed by atoms with E-state index in [2.05, 4.69) is 5.32 Å². The van der Waals surface area contributed by atoms with Gasteiger partial charge in [0.1, 0.15) is 5.69 Å². The van der Waals surface area contributed by atoms with Crippen LogP contribution in [-0.4, -0.2) is 54.4 Å². The normalized spacial score (nSPS) is 21.7. The lowest BCUT2D eigenvalue weighted by atomic mass is 10.1. The number of piperazine rings is 1. The number of benzene rings is 1. The van der Waals surface area contributed by atoms with Crippen molar-refractivity contribution in [1.82, 2.24) is 10.2 Å². The molecule has 158 valence electrons. The van der Waals surface area contributed by atoms with Crippen LogP contribution in [0.2, 0.25) is 0 Å². The quantitative estimate of drug-likeness (QED) is 0.588. The van der Waals surface area contributed by atoms with E-state index in [4.69, 9.17) is 0 Å². The minimum absolute atomic E-state index is 0.0279. The highest BCUT2D eigenvalue weighted by Crippen LogP contribution is 2.38. The van der Waals surface area contributed by atoms with Crippen LogP contribution in [0.5, 0.6) is 0 Å². The van der Waals surface area contributed by atoms with Gasteiger partial charge in [-0.3, -0.25) is 19.7 Å². The number of nitrogens with zero attached hydrogens (tertiary/aromatic N) is 3. The van der Waals surface area contributed by atoms with Gasteiger partial charge in [0.05, 0.1) is 17.0 Å². The molecule has 29 heavy (non-hydrogen) atoms. The van der Waals surface area contributed by atoms with Gasteiger partial charge in [-0.1, -0.05) is 6.92 Å². The number of hydrogen-bond acceptors (Lipinski definition) is 5. The van der Waals surface area contributed by atoms with Crippen LogP contribution in [0.4, 0.5) is 24.5 Å². The predicted molar refractivity (Wildman–Crippen MR) is 97.2 cm³/mol. The number of alkyl halides is 3. The molecule has 0 radical (unpaired) electrons. The molecule has 1 N–H and O–H groups in total. The first-order valence-electron chi connectivity index (χ1n) is 9.24. The van der Waals surface area contributed by atoms with Crippen molar-refractivity contribution in [3.63, 3.8) is 0 Å². The van der Waals surface area contributed by atoms with Crippen molar-refractivity contribution in [2.24, 2.45) is 11.8 Å². The van der Waals surface area contributed by atoms with Crippen molar-refractivity contribution in [3.8, 4) is 0 Å². The van der Waals surface area contributed by atoms with E-state index >= 15 is 0 Å². The van der Waals surface area contributed by atoms with E-state index < -0.39 is 22.4 Å². The summed E-state index contributed by atoms with van der Waals surface area (Å²) in [6, 6.07) is 2.44. The maximum atomic E-state index is 12.8. The highest BCUT2D eigenvalue weighted by atomic mass is 19.4. The van der Waals surface area contributed by atoms with E-state index in [1.165, 1.54) is 4.90 Å². The van der Waals surface area contributed by atoms with E-state index in [1.54, 1.807) is 4.90 Å². The lowest BCUT2D eigenvalue weighted by molar-refractivity contribution is -0.384. The molecule has 1 saturated heterocycles. The first kappa shape index (κ1) is 20.9. The third-order valence-electron chi connectivity index (χ3n) is 5.33. The molecule has 2 amide bonds. The first-order valence-corrected chi connectivity index (χ1v) is 9.24. The van der Waals surface area contributed by atoms with Crippen molar-refractivity contribution < 1.29 is 27.7 Å². The number of rotatable bonds is 5. The summed E-state index contributed by atoms with van der Waals surface area (Å²) in [5.41, 5.74) is -1.61. The smallest absolute Gasteiger partial charge is 0.362 e. The SMILES string of the molecule is C[C@H]1C[C@H]1C(=O)NCC(=O)N1CCN(c2ccc(C(F)(F)F)cc2[N+](=O)[O-])CC1. The third-order valence-corrected chi connectivity index (χ3v) is 5.33. The number of carbonyl (C=O) groups is 2. The highest BCUT2D eigenvalue weighted by molar-refractivity contribution is 5.87. The monoisotopic (exact) mass is 414 g/mol. The largest absolute Gasteiger partial charge is 0.416 e. The Morgan fingerprint density at radius 2 is 1.86 bits per heavy atom. The van der Waals surface area contributed by atoms with Crippen LogP contribution < -0.4 is 10.2 Å². The number of nitro groups is 1. The number of hydrogen-bond donors (Lipinski definition) is 1. The van der Waals surface area contributed by atoms with E-state index in [1.807, 2.05) is 6.92 Å². The number of nitro benzene ring substituents is 1. The highest BCUT2D eigenvalue weighted by Gasteiger charge is 2.39. The third kappa shape index (κ3) is 4.77. The van der Waals surface area contributed by atoms with Crippen molar-refractivity contribution in [2.75, 3.05) is 37.6 Å². The van der Waals surface area contributed by atoms with Gasteiger partial charge in [0.2, 0.25) is 11.8 Å². The molecule has 0 aromatic heterocycles. The molecule has 0 spiro atoms. The second-order valence-corrected chi connectivity index (χ2v) is 7.36. The molecule has 1 aromatic rings. The summed E-state index contributed by atoms with van der Waals surface area (Å²) in [7, 11) is 0. The summed E-state index contributed by atoms with van der Waals surface area (Å²) < 4.78 is 38.5. The van der Waals surface area contributed by atoms with Gasteiger partial charge in [-0.05, 0) is 24.5 Å². The maximum absolute atomic E-state index is 12.8. The molecule has 0 unspecified atom stereocenters. The van der Waals surface area contributed by atoms with Crippen LogP contribution in [0.25, 0.3) is 0 Å². The Bertz CT molecular complexity index is 822. The van der Waals surface area contributed by atoms with Crippen molar-refractivity contribution >= 4 is 23.2 Å².